The maximum Gasteiger partial charge on any atom is 0.173 e. The summed E-state index contributed by atoms with van der Waals surface area (Å²) in [5, 5.41) is 8.08. The van der Waals surface area contributed by atoms with E-state index in [0.717, 1.165) is 12.1 Å². The van der Waals surface area contributed by atoms with Gasteiger partial charge in [0.25, 0.3) is 0 Å². The van der Waals surface area contributed by atoms with E-state index in [0.29, 0.717) is 39.5 Å². The number of H-pyrrole nitrogens is 1. The predicted molar refractivity (Wildman–Crippen MR) is 124 cm³/mol. The zero-order valence-corrected chi connectivity index (χ0v) is 18.1. The minimum atomic E-state index is -0.760. The van der Waals surface area contributed by atoms with Gasteiger partial charge in [0, 0.05) is 35.7 Å². The van der Waals surface area contributed by atoms with Crippen molar-refractivity contribution in [2.24, 2.45) is 0 Å². The largest absolute Gasteiger partial charge is 0.381 e. The number of nitrogens with two attached hydrogens (primary N) is 1. The molecule has 0 aliphatic rings. The quantitative estimate of drug-likeness (QED) is 0.385. The van der Waals surface area contributed by atoms with Gasteiger partial charge in [-0.15, -0.1) is 10.2 Å². The van der Waals surface area contributed by atoms with Gasteiger partial charge in [0.15, 0.2) is 17.5 Å². The molecule has 0 saturated carbocycles. The van der Waals surface area contributed by atoms with Gasteiger partial charge in [-0.25, -0.2) is 23.1 Å². The van der Waals surface area contributed by atoms with E-state index in [1.165, 1.54) is 24.8 Å². The smallest absolute Gasteiger partial charge is 0.173 e. The predicted octanol–water partition coefficient (Wildman–Crippen LogP) is 4.73. The van der Waals surface area contributed by atoms with Crippen LogP contribution < -0.4 is 5.73 Å². The maximum atomic E-state index is 15.0. The molecular weight excluding hydrogens is 457 g/mol. The average molecular weight is 472 g/mol. The minimum absolute atomic E-state index is 0.127. The Morgan fingerprint density at radius 1 is 0.971 bits per heavy atom. The Bertz CT molecular complexity index is 1760. The van der Waals surface area contributed by atoms with E-state index in [-0.39, 0.29) is 22.3 Å². The maximum absolute atomic E-state index is 15.0. The van der Waals surface area contributed by atoms with Gasteiger partial charge in [-0.2, -0.15) is 0 Å². The molecular formula is C24H15F3N8. The number of nitrogen functional groups attached to an aromatic ring is 1. The monoisotopic (exact) mass is 472 g/mol. The molecule has 4 heterocycles. The lowest BCUT2D eigenvalue weighted by Gasteiger charge is -2.13. The number of aryl methyl sites for hydroxylation is 1. The molecule has 6 aromatic rings. The van der Waals surface area contributed by atoms with Crippen molar-refractivity contribution in [1.29, 1.82) is 0 Å². The molecule has 6 rings (SSSR count). The third kappa shape index (κ3) is 3.20. The summed E-state index contributed by atoms with van der Waals surface area (Å²) in [5.74, 6) is -1.47. The number of aromatic nitrogens is 7. The fourth-order valence-electron chi connectivity index (χ4n) is 4.33. The van der Waals surface area contributed by atoms with Crippen LogP contribution in [0.3, 0.4) is 0 Å². The summed E-state index contributed by atoms with van der Waals surface area (Å²) in [6.45, 7) is 1.75. The summed E-state index contributed by atoms with van der Waals surface area (Å²) in [5.41, 5.74) is 8.58. The first-order valence-corrected chi connectivity index (χ1v) is 10.5. The molecule has 0 amide bonds. The molecule has 8 nitrogen and oxygen atoms in total. The third-order valence-corrected chi connectivity index (χ3v) is 5.80. The molecule has 172 valence electrons. The summed E-state index contributed by atoms with van der Waals surface area (Å²) in [6.07, 6.45) is 4.30. The normalized spacial score (nSPS) is 11.5. The van der Waals surface area contributed by atoms with Crippen LogP contribution in [0.25, 0.3) is 50.1 Å². The van der Waals surface area contributed by atoms with Gasteiger partial charge >= 0.3 is 0 Å². The lowest BCUT2D eigenvalue weighted by Crippen LogP contribution is -2.01. The first-order chi connectivity index (χ1) is 16.9. The van der Waals surface area contributed by atoms with Crippen molar-refractivity contribution in [3.05, 3.63) is 78.4 Å². The fourth-order valence-corrected chi connectivity index (χ4v) is 4.33. The number of aromatic amines is 1. The fraction of sp³-hybridized carbons (Fsp3) is 0.0417. The zero-order chi connectivity index (χ0) is 24.3. The van der Waals surface area contributed by atoms with Gasteiger partial charge in [-0.3, -0.25) is 9.55 Å². The number of nitrogens with one attached hydrogen (secondary N) is 1. The molecule has 2 aromatic carbocycles. The topological polar surface area (TPSA) is 111 Å². The second kappa shape index (κ2) is 7.62. The van der Waals surface area contributed by atoms with Crippen LogP contribution in [-0.4, -0.2) is 34.7 Å². The molecule has 11 heteroatoms. The number of imidazole rings is 1. The first-order valence-electron chi connectivity index (χ1n) is 10.5. The molecule has 0 atom stereocenters. The number of anilines is 1. The summed E-state index contributed by atoms with van der Waals surface area (Å²) in [7, 11) is 0. The van der Waals surface area contributed by atoms with Crippen molar-refractivity contribution >= 4 is 27.8 Å². The standard InChI is InChI=1S/C24H15F3N8/c1-11-33-22-15(24-31-10-32-34-24)6-12(14-2-4-30-23(28)21(14)27)7-19(22)35(11)18-3-5-29-17-9-13(25)8-16(26)20(17)18/h2-10H,1H3,(H2,28,30)(H,31,32,34). The Kier molecular flexibility index (Phi) is 4.53. The Labute approximate surface area is 195 Å². The highest BCUT2D eigenvalue weighted by atomic mass is 19.1. The van der Waals surface area contributed by atoms with E-state index in [4.69, 9.17) is 10.7 Å². The number of halogens is 3. The van der Waals surface area contributed by atoms with E-state index < -0.39 is 17.5 Å². The number of fused-ring (bicyclic) bond motifs is 2. The summed E-state index contributed by atoms with van der Waals surface area (Å²) >= 11 is 0. The third-order valence-electron chi connectivity index (χ3n) is 5.80. The first kappa shape index (κ1) is 20.8. The van der Waals surface area contributed by atoms with E-state index in [1.54, 1.807) is 29.7 Å². The van der Waals surface area contributed by atoms with E-state index in [9.17, 15) is 13.2 Å². The van der Waals surface area contributed by atoms with Crippen LogP contribution in [0.15, 0.2) is 55.1 Å². The van der Waals surface area contributed by atoms with Gasteiger partial charge in [-0.05, 0) is 36.8 Å². The van der Waals surface area contributed by atoms with Gasteiger partial charge in [0.2, 0.25) is 0 Å². The summed E-state index contributed by atoms with van der Waals surface area (Å²) < 4.78 is 45.5. The number of hydrogen-bond donors (Lipinski definition) is 2. The Morgan fingerprint density at radius 3 is 2.60 bits per heavy atom. The summed E-state index contributed by atoms with van der Waals surface area (Å²) in [4.78, 5) is 15.6. The molecule has 0 aliphatic carbocycles. The molecule has 0 radical (unpaired) electrons. The number of pyridine rings is 2. The highest BCUT2D eigenvalue weighted by Crippen LogP contribution is 2.37. The number of nitrogens with zero attached hydrogens (tertiary/aromatic N) is 6. The van der Waals surface area contributed by atoms with Crippen molar-refractivity contribution in [1.82, 2.24) is 34.7 Å². The van der Waals surface area contributed by atoms with Crippen molar-refractivity contribution in [3.8, 4) is 28.2 Å². The summed E-state index contributed by atoms with van der Waals surface area (Å²) in [6, 6.07) is 8.54. The molecule has 0 spiro atoms. The molecule has 0 aliphatic heterocycles. The molecule has 4 aromatic heterocycles. The Morgan fingerprint density at radius 2 is 1.80 bits per heavy atom. The van der Waals surface area contributed by atoms with Gasteiger partial charge in [0.1, 0.15) is 29.3 Å². The van der Waals surface area contributed by atoms with Crippen LogP contribution in [0, 0.1) is 24.4 Å². The van der Waals surface area contributed by atoms with Gasteiger partial charge < -0.3 is 10.7 Å². The Balaban J connectivity index is 1.74. The van der Waals surface area contributed by atoms with Crippen molar-refractivity contribution in [2.75, 3.05) is 5.73 Å². The second-order valence-corrected chi connectivity index (χ2v) is 7.89. The molecule has 0 saturated heterocycles. The Hall–Kier alpha value is -4.80. The lowest BCUT2D eigenvalue weighted by atomic mass is 10.0. The van der Waals surface area contributed by atoms with E-state index in [1.807, 2.05) is 0 Å². The zero-order valence-electron chi connectivity index (χ0n) is 18.1. The van der Waals surface area contributed by atoms with Gasteiger partial charge in [0.05, 0.1) is 22.1 Å². The molecule has 0 unspecified atom stereocenters. The average Bonchev–Trinajstić information content (AvgIpc) is 3.47. The van der Waals surface area contributed by atoms with Crippen LogP contribution >= 0.6 is 0 Å². The van der Waals surface area contributed by atoms with E-state index >= 15 is 0 Å². The SMILES string of the molecule is Cc1nc2c(-c3nnc[nH]3)cc(-c3ccnc(N)c3F)cc2n1-c1ccnc2cc(F)cc(F)c12. The molecule has 0 fully saturated rings. The highest BCUT2D eigenvalue weighted by Gasteiger charge is 2.21. The van der Waals surface area contributed by atoms with Crippen LogP contribution in [-0.2, 0) is 0 Å². The van der Waals surface area contributed by atoms with Crippen molar-refractivity contribution < 1.29 is 13.2 Å². The van der Waals surface area contributed by atoms with Crippen LogP contribution in [0.2, 0.25) is 0 Å². The molecule has 35 heavy (non-hydrogen) atoms. The highest BCUT2D eigenvalue weighted by molar-refractivity contribution is 5.98. The van der Waals surface area contributed by atoms with Crippen molar-refractivity contribution in [3.63, 3.8) is 0 Å². The second-order valence-electron chi connectivity index (χ2n) is 7.89. The van der Waals surface area contributed by atoms with Crippen molar-refractivity contribution in [2.45, 2.75) is 6.92 Å². The number of rotatable bonds is 3. The molecule has 0 bridgehead atoms. The van der Waals surface area contributed by atoms with Crippen LogP contribution in [0.1, 0.15) is 5.82 Å². The van der Waals surface area contributed by atoms with Crippen LogP contribution in [0.5, 0.6) is 0 Å². The van der Waals surface area contributed by atoms with E-state index in [2.05, 4.69) is 25.1 Å². The minimum Gasteiger partial charge on any atom is -0.381 e. The lowest BCUT2D eigenvalue weighted by molar-refractivity contribution is 0.591. The van der Waals surface area contributed by atoms with Gasteiger partial charge in [-0.1, -0.05) is 0 Å². The molecule has 3 N–H and O–H groups in total. The number of benzene rings is 2. The number of hydrogen-bond acceptors (Lipinski definition) is 6. The van der Waals surface area contributed by atoms with Crippen LogP contribution in [0.4, 0.5) is 19.0 Å².